The fourth-order valence-electron chi connectivity index (χ4n) is 6.60. The summed E-state index contributed by atoms with van der Waals surface area (Å²) in [6.45, 7) is 5.53. The third kappa shape index (κ3) is 7.00. The molecule has 1 saturated heterocycles. The van der Waals surface area contributed by atoms with Gasteiger partial charge in [-0.25, -0.2) is 4.79 Å². The molecule has 222 valence electrons. The first-order valence-electron chi connectivity index (χ1n) is 15.1. The van der Waals surface area contributed by atoms with E-state index in [9.17, 15) is 19.2 Å². The number of nitrogens with zero attached hydrogens (tertiary/aromatic N) is 2. The van der Waals surface area contributed by atoms with Crippen LogP contribution in [0.1, 0.15) is 81.9 Å². The maximum Gasteiger partial charge on any atom is 0.407 e. The van der Waals surface area contributed by atoms with Crippen molar-refractivity contribution >= 4 is 30.3 Å². The van der Waals surface area contributed by atoms with E-state index < -0.39 is 24.3 Å². The molecule has 3 heterocycles. The summed E-state index contributed by atoms with van der Waals surface area (Å²) in [5, 5.41) is 2.88. The van der Waals surface area contributed by atoms with E-state index in [0.29, 0.717) is 19.5 Å². The highest BCUT2D eigenvalue weighted by Gasteiger charge is 2.42. The molecule has 2 fully saturated rings. The van der Waals surface area contributed by atoms with Gasteiger partial charge in [0, 0.05) is 26.1 Å². The van der Waals surface area contributed by atoms with Crippen molar-refractivity contribution in [3.05, 3.63) is 41.0 Å². The number of nitrogens with one attached hydrogen (secondary N) is 1. The predicted octanol–water partition coefficient (Wildman–Crippen LogP) is 4.22. The van der Waals surface area contributed by atoms with Crippen molar-refractivity contribution in [3.8, 4) is 0 Å². The molecule has 1 aromatic carbocycles. The molecule has 1 saturated carbocycles. The molecular weight excluding hydrogens is 522 g/mol. The van der Waals surface area contributed by atoms with Crippen LogP contribution in [-0.2, 0) is 36.9 Å². The maximum atomic E-state index is 13.9. The van der Waals surface area contributed by atoms with Gasteiger partial charge in [0.15, 0.2) is 0 Å². The smallest absolute Gasteiger partial charge is 0.407 e. The summed E-state index contributed by atoms with van der Waals surface area (Å²) >= 11 is 0. The van der Waals surface area contributed by atoms with Crippen LogP contribution in [0.15, 0.2) is 24.3 Å². The number of fused-ring (bicyclic) bond motifs is 3. The third-order valence-corrected chi connectivity index (χ3v) is 9.10. The summed E-state index contributed by atoms with van der Waals surface area (Å²) in [4.78, 5) is 55.4. The molecule has 9 heteroatoms. The van der Waals surface area contributed by atoms with Crippen LogP contribution >= 0.6 is 0 Å². The Morgan fingerprint density at radius 2 is 1.88 bits per heavy atom. The maximum absolute atomic E-state index is 13.9. The van der Waals surface area contributed by atoms with Crippen LogP contribution in [0.4, 0.5) is 4.79 Å². The number of benzene rings is 1. The quantitative estimate of drug-likeness (QED) is 0.539. The lowest BCUT2D eigenvalue weighted by molar-refractivity contribution is -0.139. The Hall–Kier alpha value is -3.20. The number of rotatable bonds is 2. The van der Waals surface area contributed by atoms with Gasteiger partial charge in [-0.1, -0.05) is 63.5 Å². The zero-order chi connectivity index (χ0) is 29.0. The van der Waals surface area contributed by atoms with Crippen molar-refractivity contribution in [1.29, 1.82) is 0 Å². The molecule has 3 atom stereocenters. The van der Waals surface area contributed by atoms with Gasteiger partial charge in [0.05, 0.1) is 18.8 Å². The molecule has 5 rings (SSSR count). The van der Waals surface area contributed by atoms with E-state index in [1.54, 1.807) is 4.90 Å². The minimum atomic E-state index is -0.762. The number of cyclic esters (lactones) is 1. The van der Waals surface area contributed by atoms with Crippen LogP contribution in [0.25, 0.3) is 6.08 Å². The lowest BCUT2D eigenvalue weighted by Crippen LogP contribution is -2.54. The van der Waals surface area contributed by atoms with Crippen molar-refractivity contribution in [3.63, 3.8) is 0 Å². The Morgan fingerprint density at radius 3 is 2.66 bits per heavy atom. The normalized spacial score (nSPS) is 28.9. The molecule has 9 nitrogen and oxygen atoms in total. The van der Waals surface area contributed by atoms with Crippen LogP contribution in [0.2, 0.25) is 0 Å². The van der Waals surface area contributed by atoms with Crippen LogP contribution in [0.5, 0.6) is 0 Å². The standard InChI is InChI=1S/C32H43N3O6/c1-32(2)14-7-6-9-22-12-8-13-24-16-34(18-27(22)24)28(37)20-40-26-15-25(19-36)35(17-26)30(38)29(33-31(39)41-21-32)23-10-4-3-5-11-23/h6,8-9,12-13,19,23,25-26,29H,3-5,7,10-11,14-18,20-21H2,1-2H3,(H,33,39)/b9-6+/t25-,26+,29-/m0/s1. The fourth-order valence-corrected chi connectivity index (χ4v) is 6.60. The number of ether oxygens (including phenoxy) is 2. The van der Waals surface area contributed by atoms with Gasteiger partial charge >= 0.3 is 6.09 Å². The van der Waals surface area contributed by atoms with Crippen molar-refractivity contribution in [2.45, 2.75) is 96.5 Å². The SMILES string of the molecule is CC1(C)CC/C=C/c2cccc3c2CN(C3)C(=O)CO[C@@H]2C[C@@H](C=O)N(C2)C(=O)[C@H](C2CCCCC2)NC(=O)OC1. The molecule has 0 unspecified atom stereocenters. The molecule has 1 aromatic rings. The number of allylic oxidation sites excluding steroid dienone is 1. The van der Waals surface area contributed by atoms with Gasteiger partial charge in [-0.05, 0) is 53.7 Å². The first-order valence-corrected chi connectivity index (χ1v) is 15.1. The molecule has 0 radical (unpaired) electrons. The Morgan fingerprint density at radius 1 is 1.07 bits per heavy atom. The highest BCUT2D eigenvalue weighted by atomic mass is 16.5. The first-order chi connectivity index (χ1) is 19.7. The van der Waals surface area contributed by atoms with E-state index >= 15 is 0 Å². The number of hydrogen-bond donors (Lipinski definition) is 1. The average molecular weight is 566 g/mol. The third-order valence-electron chi connectivity index (χ3n) is 9.10. The van der Waals surface area contributed by atoms with E-state index in [1.807, 2.05) is 6.07 Å². The summed E-state index contributed by atoms with van der Waals surface area (Å²) in [7, 11) is 0. The lowest BCUT2D eigenvalue weighted by Gasteiger charge is -2.34. The van der Waals surface area contributed by atoms with E-state index in [4.69, 9.17) is 9.47 Å². The Bertz CT molecular complexity index is 1170. The fraction of sp³-hybridized carbons (Fsp3) is 0.625. The zero-order valence-electron chi connectivity index (χ0n) is 24.3. The van der Waals surface area contributed by atoms with Crippen molar-refractivity contribution in [1.82, 2.24) is 15.1 Å². The summed E-state index contributed by atoms with van der Waals surface area (Å²) in [5.74, 6) is -0.403. The van der Waals surface area contributed by atoms with E-state index in [-0.39, 0.29) is 42.9 Å². The first kappa shape index (κ1) is 29.3. The molecular formula is C32H43N3O6. The van der Waals surface area contributed by atoms with E-state index in [2.05, 4.69) is 43.4 Å². The molecule has 3 amide bonds. The Balaban J connectivity index is 1.37. The number of amides is 3. The van der Waals surface area contributed by atoms with Gasteiger partial charge in [-0.15, -0.1) is 0 Å². The Kier molecular flexibility index (Phi) is 9.12. The highest BCUT2D eigenvalue weighted by Crippen LogP contribution is 2.31. The van der Waals surface area contributed by atoms with Gasteiger partial charge in [0.1, 0.15) is 18.9 Å². The van der Waals surface area contributed by atoms with Crippen LogP contribution < -0.4 is 5.32 Å². The molecule has 1 aliphatic carbocycles. The second-order valence-electron chi connectivity index (χ2n) is 12.8. The lowest BCUT2D eigenvalue weighted by atomic mass is 9.83. The monoisotopic (exact) mass is 565 g/mol. The van der Waals surface area contributed by atoms with Crippen LogP contribution in [0, 0.1) is 11.3 Å². The highest BCUT2D eigenvalue weighted by molar-refractivity contribution is 5.88. The summed E-state index contributed by atoms with van der Waals surface area (Å²) in [5.41, 5.74) is 3.13. The van der Waals surface area contributed by atoms with Crippen LogP contribution in [-0.4, -0.2) is 71.9 Å². The van der Waals surface area contributed by atoms with Gasteiger partial charge in [0.25, 0.3) is 0 Å². The van der Waals surface area contributed by atoms with Crippen LogP contribution in [0.3, 0.4) is 0 Å². The predicted molar refractivity (Wildman–Crippen MR) is 154 cm³/mol. The van der Waals surface area contributed by atoms with Gasteiger partial charge in [-0.2, -0.15) is 0 Å². The number of hydrogen-bond acceptors (Lipinski definition) is 6. The second kappa shape index (κ2) is 12.8. The number of aldehydes is 1. The molecule has 3 aliphatic heterocycles. The van der Waals surface area contributed by atoms with Crippen molar-refractivity contribution in [2.75, 3.05) is 19.8 Å². The van der Waals surface area contributed by atoms with E-state index in [0.717, 1.165) is 67.9 Å². The minimum absolute atomic E-state index is 0.0154. The van der Waals surface area contributed by atoms with Gasteiger partial charge < -0.3 is 29.4 Å². The Labute approximate surface area is 242 Å². The van der Waals surface area contributed by atoms with Gasteiger partial charge in [0.2, 0.25) is 11.8 Å². The molecule has 4 aliphatic rings. The number of carbonyl (C=O) groups is 4. The minimum Gasteiger partial charge on any atom is -0.449 e. The average Bonchev–Trinajstić information content (AvgIpc) is 3.60. The molecule has 41 heavy (non-hydrogen) atoms. The second-order valence-corrected chi connectivity index (χ2v) is 12.8. The summed E-state index contributed by atoms with van der Waals surface area (Å²) < 4.78 is 11.7. The molecule has 1 N–H and O–H groups in total. The number of carbonyl (C=O) groups excluding carboxylic acids is 4. The zero-order valence-corrected chi connectivity index (χ0v) is 24.3. The topological polar surface area (TPSA) is 105 Å². The molecule has 0 spiro atoms. The molecule has 4 bridgehead atoms. The van der Waals surface area contributed by atoms with E-state index in [1.165, 1.54) is 4.90 Å². The van der Waals surface area contributed by atoms with Crippen molar-refractivity contribution in [2.24, 2.45) is 11.3 Å². The number of alkyl carbamates (subject to hydrolysis) is 1. The van der Waals surface area contributed by atoms with Gasteiger partial charge in [-0.3, -0.25) is 9.59 Å². The summed E-state index contributed by atoms with van der Waals surface area (Å²) in [6, 6.07) is 4.72. The molecule has 0 aromatic heterocycles. The largest absolute Gasteiger partial charge is 0.449 e. The summed E-state index contributed by atoms with van der Waals surface area (Å²) in [6.07, 6.45) is 10.7. The van der Waals surface area contributed by atoms with Crippen molar-refractivity contribution < 1.29 is 28.7 Å².